The number of anilines is 1. The lowest BCUT2D eigenvalue weighted by Gasteiger charge is -2.09. The van der Waals surface area contributed by atoms with Gasteiger partial charge in [-0.2, -0.15) is 0 Å². The SMILES string of the molecule is COC(=O)CCNc1cc(Cl)c(C)cc1Br. The number of carbonyl (C=O) groups is 1. The molecule has 88 valence electrons. The van der Waals surface area contributed by atoms with Gasteiger partial charge in [0.15, 0.2) is 0 Å². The van der Waals surface area contributed by atoms with Crippen molar-refractivity contribution in [2.24, 2.45) is 0 Å². The largest absolute Gasteiger partial charge is 0.469 e. The third-order valence-corrected chi connectivity index (χ3v) is 3.18. The van der Waals surface area contributed by atoms with Crippen molar-refractivity contribution in [1.82, 2.24) is 0 Å². The predicted octanol–water partition coefficient (Wildman–Crippen LogP) is 3.39. The van der Waals surface area contributed by atoms with E-state index < -0.39 is 0 Å². The number of ether oxygens (including phenoxy) is 1. The van der Waals surface area contributed by atoms with Crippen LogP contribution in [0.1, 0.15) is 12.0 Å². The van der Waals surface area contributed by atoms with E-state index in [0.717, 1.165) is 15.7 Å². The Hall–Kier alpha value is -0.740. The first-order chi connectivity index (χ1) is 7.54. The summed E-state index contributed by atoms with van der Waals surface area (Å²) in [6, 6.07) is 3.76. The van der Waals surface area contributed by atoms with Crippen LogP contribution in [0.2, 0.25) is 5.02 Å². The molecule has 0 unspecified atom stereocenters. The molecule has 1 N–H and O–H groups in total. The first-order valence-electron chi connectivity index (χ1n) is 4.81. The lowest BCUT2D eigenvalue weighted by atomic mass is 10.2. The van der Waals surface area contributed by atoms with E-state index in [2.05, 4.69) is 26.0 Å². The van der Waals surface area contributed by atoms with Crippen molar-refractivity contribution in [2.45, 2.75) is 13.3 Å². The molecule has 0 fully saturated rings. The topological polar surface area (TPSA) is 38.3 Å². The number of nitrogens with one attached hydrogen (secondary N) is 1. The molecule has 0 saturated carbocycles. The fourth-order valence-corrected chi connectivity index (χ4v) is 1.94. The van der Waals surface area contributed by atoms with Crippen LogP contribution in [-0.2, 0) is 9.53 Å². The van der Waals surface area contributed by atoms with E-state index in [1.54, 1.807) is 0 Å². The maximum absolute atomic E-state index is 10.9. The number of benzene rings is 1. The summed E-state index contributed by atoms with van der Waals surface area (Å²) in [5.74, 6) is -0.234. The van der Waals surface area contributed by atoms with Crippen LogP contribution in [0.5, 0.6) is 0 Å². The third kappa shape index (κ3) is 3.68. The fourth-order valence-electron chi connectivity index (χ4n) is 1.18. The van der Waals surface area contributed by atoms with Crippen LogP contribution in [0.3, 0.4) is 0 Å². The lowest BCUT2D eigenvalue weighted by molar-refractivity contribution is -0.140. The Balaban J connectivity index is 2.60. The van der Waals surface area contributed by atoms with E-state index >= 15 is 0 Å². The summed E-state index contributed by atoms with van der Waals surface area (Å²) in [6.07, 6.45) is 0.328. The minimum absolute atomic E-state index is 0.234. The molecule has 1 aromatic carbocycles. The first-order valence-corrected chi connectivity index (χ1v) is 5.98. The summed E-state index contributed by atoms with van der Waals surface area (Å²) < 4.78 is 5.47. The highest BCUT2D eigenvalue weighted by Crippen LogP contribution is 2.28. The van der Waals surface area contributed by atoms with Gasteiger partial charge in [0, 0.05) is 21.7 Å². The molecule has 0 bridgehead atoms. The van der Waals surface area contributed by atoms with Gasteiger partial charge in [-0.1, -0.05) is 11.6 Å². The minimum atomic E-state index is -0.234. The second kappa shape index (κ2) is 6.11. The monoisotopic (exact) mass is 305 g/mol. The smallest absolute Gasteiger partial charge is 0.307 e. The molecule has 0 amide bonds. The summed E-state index contributed by atoms with van der Waals surface area (Å²) in [5, 5.41) is 3.81. The average molecular weight is 307 g/mol. The molecule has 0 radical (unpaired) electrons. The maximum atomic E-state index is 10.9. The van der Waals surface area contributed by atoms with Gasteiger partial charge in [-0.3, -0.25) is 4.79 Å². The molecule has 0 heterocycles. The first kappa shape index (κ1) is 13.3. The summed E-state index contributed by atoms with van der Waals surface area (Å²) in [6.45, 7) is 2.45. The van der Waals surface area contributed by atoms with Crippen LogP contribution in [0.25, 0.3) is 0 Å². The summed E-state index contributed by atoms with van der Waals surface area (Å²) in [4.78, 5) is 10.9. The van der Waals surface area contributed by atoms with Crippen LogP contribution >= 0.6 is 27.5 Å². The van der Waals surface area contributed by atoms with E-state index in [-0.39, 0.29) is 5.97 Å². The van der Waals surface area contributed by atoms with Gasteiger partial charge in [0.05, 0.1) is 13.5 Å². The van der Waals surface area contributed by atoms with Crippen LogP contribution in [0.15, 0.2) is 16.6 Å². The number of esters is 1. The molecule has 5 heteroatoms. The molecular formula is C11H13BrClNO2. The van der Waals surface area contributed by atoms with Crippen molar-refractivity contribution < 1.29 is 9.53 Å². The fraction of sp³-hybridized carbons (Fsp3) is 0.364. The van der Waals surface area contributed by atoms with Gasteiger partial charge >= 0.3 is 5.97 Å². The van der Waals surface area contributed by atoms with E-state index in [9.17, 15) is 4.79 Å². The molecule has 0 aliphatic carbocycles. The molecule has 1 rings (SSSR count). The Morgan fingerprint density at radius 2 is 2.25 bits per heavy atom. The number of methoxy groups -OCH3 is 1. The molecule has 16 heavy (non-hydrogen) atoms. The molecule has 0 atom stereocenters. The van der Waals surface area contributed by atoms with Gasteiger partial charge in [-0.05, 0) is 40.5 Å². The highest BCUT2D eigenvalue weighted by Gasteiger charge is 2.05. The minimum Gasteiger partial charge on any atom is -0.469 e. The van der Waals surface area contributed by atoms with Gasteiger partial charge in [-0.15, -0.1) is 0 Å². The van der Waals surface area contributed by atoms with Crippen molar-refractivity contribution in [3.8, 4) is 0 Å². The van der Waals surface area contributed by atoms with Gasteiger partial charge in [0.1, 0.15) is 0 Å². The normalized spacial score (nSPS) is 10.0. The number of halogens is 2. The molecule has 1 aromatic rings. The zero-order valence-corrected chi connectivity index (χ0v) is 11.5. The third-order valence-electron chi connectivity index (χ3n) is 2.12. The van der Waals surface area contributed by atoms with Crippen molar-refractivity contribution in [3.05, 3.63) is 27.2 Å². The van der Waals surface area contributed by atoms with Gasteiger partial charge in [0.2, 0.25) is 0 Å². The second-order valence-electron chi connectivity index (χ2n) is 3.33. The van der Waals surface area contributed by atoms with Gasteiger partial charge < -0.3 is 10.1 Å². The molecule has 0 spiro atoms. The van der Waals surface area contributed by atoms with Gasteiger partial charge in [0.25, 0.3) is 0 Å². The number of hydrogen-bond donors (Lipinski definition) is 1. The van der Waals surface area contributed by atoms with E-state index in [1.807, 2.05) is 19.1 Å². The van der Waals surface area contributed by atoms with E-state index in [1.165, 1.54) is 7.11 Å². The van der Waals surface area contributed by atoms with E-state index in [0.29, 0.717) is 18.0 Å². The molecule has 0 aliphatic rings. The Labute approximate surface area is 108 Å². The molecule has 0 saturated heterocycles. The van der Waals surface area contributed by atoms with Crippen molar-refractivity contribution in [1.29, 1.82) is 0 Å². The summed E-state index contributed by atoms with van der Waals surface area (Å²) in [5.41, 5.74) is 1.88. The number of rotatable bonds is 4. The quantitative estimate of drug-likeness (QED) is 0.867. The predicted molar refractivity (Wildman–Crippen MR) is 69.0 cm³/mol. The van der Waals surface area contributed by atoms with Gasteiger partial charge in [-0.25, -0.2) is 0 Å². The molecular weight excluding hydrogens is 293 g/mol. The number of hydrogen-bond acceptors (Lipinski definition) is 3. The van der Waals surface area contributed by atoms with E-state index in [4.69, 9.17) is 11.6 Å². The Kier molecular flexibility index (Phi) is 5.09. The average Bonchev–Trinajstić information content (AvgIpc) is 2.25. The summed E-state index contributed by atoms with van der Waals surface area (Å²) in [7, 11) is 1.38. The van der Waals surface area contributed by atoms with Crippen molar-refractivity contribution in [2.75, 3.05) is 19.0 Å². The van der Waals surface area contributed by atoms with Crippen LogP contribution in [0.4, 0.5) is 5.69 Å². The van der Waals surface area contributed by atoms with Crippen molar-refractivity contribution >= 4 is 39.2 Å². The van der Waals surface area contributed by atoms with Crippen LogP contribution in [-0.4, -0.2) is 19.6 Å². The zero-order valence-electron chi connectivity index (χ0n) is 9.14. The van der Waals surface area contributed by atoms with Crippen molar-refractivity contribution in [3.63, 3.8) is 0 Å². The van der Waals surface area contributed by atoms with Crippen LogP contribution in [0, 0.1) is 6.92 Å². The Morgan fingerprint density at radius 1 is 1.56 bits per heavy atom. The Morgan fingerprint density at radius 3 is 2.88 bits per heavy atom. The highest BCUT2D eigenvalue weighted by atomic mass is 79.9. The second-order valence-corrected chi connectivity index (χ2v) is 4.60. The standard InChI is InChI=1S/C11H13BrClNO2/c1-7-5-8(12)10(6-9(7)13)14-4-3-11(15)16-2/h5-6,14H,3-4H2,1-2H3. The lowest BCUT2D eigenvalue weighted by Crippen LogP contribution is -2.10. The number of aryl methyl sites for hydroxylation is 1. The summed E-state index contributed by atoms with van der Waals surface area (Å²) >= 11 is 9.43. The molecule has 0 aliphatic heterocycles. The molecule has 3 nitrogen and oxygen atoms in total. The molecule has 0 aromatic heterocycles. The van der Waals surface area contributed by atoms with Crippen LogP contribution < -0.4 is 5.32 Å². The number of carbonyl (C=O) groups excluding carboxylic acids is 1. The Bertz CT molecular complexity index is 396. The highest BCUT2D eigenvalue weighted by molar-refractivity contribution is 9.10. The zero-order chi connectivity index (χ0) is 12.1. The maximum Gasteiger partial charge on any atom is 0.307 e.